The van der Waals surface area contributed by atoms with Crippen molar-refractivity contribution < 1.29 is 19.7 Å². The van der Waals surface area contributed by atoms with Crippen LogP contribution in [0.25, 0.3) is 0 Å². The lowest BCUT2D eigenvalue weighted by atomic mass is 10.0. The van der Waals surface area contributed by atoms with Crippen LogP contribution in [0.1, 0.15) is 6.92 Å². The predicted octanol–water partition coefficient (Wildman–Crippen LogP) is -0.293. The largest absolute Gasteiger partial charge is 0.389 e. The molecule has 5 unspecified atom stereocenters. The molecule has 1 saturated heterocycles. The van der Waals surface area contributed by atoms with E-state index in [0.717, 1.165) is 0 Å². The summed E-state index contributed by atoms with van der Waals surface area (Å²) in [5.74, 6) is 0. The van der Waals surface area contributed by atoms with Crippen molar-refractivity contribution in [2.45, 2.75) is 36.9 Å². The molecular weight excluding hydrogens is 184 g/mol. The number of ether oxygens (including phenoxy) is 2. The fraction of sp³-hybridized carbons (Fsp3) is 1.00. The first-order valence-electron chi connectivity index (χ1n) is 3.76. The first kappa shape index (κ1) is 10.2. The van der Waals surface area contributed by atoms with Gasteiger partial charge in [-0.25, -0.2) is 0 Å². The molecule has 5 atom stereocenters. The van der Waals surface area contributed by atoms with Gasteiger partial charge in [0.1, 0.15) is 6.10 Å². The van der Waals surface area contributed by atoms with Gasteiger partial charge in [-0.15, -0.1) is 11.6 Å². The minimum Gasteiger partial charge on any atom is -0.389 e. The summed E-state index contributed by atoms with van der Waals surface area (Å²) in [6, 6.07) is 0. The molecule has 2 N–H and O–H groups in total. The highest BCUT2D eigenvalue weighted by Gasteiger charge is 2.41. The molecule has 0 amide bonds. The molecule has 5 heteroatoms. The highest BCUT2D eigenvalue weighted by Crippen LogP contribution is 2.24. The number of halogens is 1. The maximum atomic E-state index is 9.38. The third kappa shape index (κ3) is 1.72. The standard InChI is InChI=1S/C7H13ClO4/c1-3-5(9)4(8)6(10)7(11-2)12-3/h3-7,9-10H,1-2H3. The summed E-state index contributed by atoms with van der Waals surface area (Å²) in [5, 5.41) is 18.0. The number of rotatable bonds is 1. The van der Waals surface area contributed by atoms with Crippen molar-refractivity contribution in [2.75, 3.05) is 7.11 Å². The molecule has 1 heterocycles. The molecule has 0 bridgehead atoms. The van der Waals surface area contributed by atoms with Gasteiger partial charge in [0.25, 0.3) is 0 Å². The summed E-state index contributed by atoms with van der Waals surface area (Å²) >= 11 is 5.73. The Morgan fingerprint density at radius 2 is 1.92 bits per heavy atom. The number of methoxy groups -OCH3 is 1. The van der Waals surface area contributed by atoms with E-state index in [1.165, 1.54) is 7.11 Å². The summed E-state index contributed by atoms with van der Waals surface area (Å²) in [7, 11) is 1.42. The molecule has 4 nitrogen and oxygen atoms in total. The van der Waals surface area contributed by atoms with Gasteiger partial charge in [0, 0.05) is 7.11 Å². The van der Waals surface area contributed by atoms with Crippen molar-refractivity contribution >= 4 is 11.6 Å². The molecule has 1 aliphatic heterocycles. The van der Waals surface area contributed by atoms with Crippen LogP contribution in [0.2, 0.25) is 0 Å². The minimum absolute atomic E-state index is 0.416. The zero-order valence-electron chi connectivity index (χ0n) is 6.98. The fourth-order valence-electron chi connectivity index (χ4n) is 1.18. The van der Waals surface area contributed by atoms with Crippen LogP contribution in [0.5, 0.6) is 0 Å². The van der Waals surface area contributed by atoms with Crippen molar-refractivity contribution in [3.63, 3.8) is 0 Å². The Labute approximate surface area is 76.0 Å². The Bertz CT molecular complexity index is 150. The lowest BCUT2D eigenvalue weighted by Gasteiger charge is -2.38. The van der Waals surface area contributed by atoms with Crippen LogP contribution in [-0.4, -0.2) is 47.3 Å². The summed E-state index contributed by atoms with van der Waals surface area (Å²) in [6.07, 6.45) is -3.00. The van der Waals surface area contributed by atoms with Crippen LogP contribution < -0.4 is 0 Å². The van der Waals surface area contributed by atoms with E-state index in [-0.39, 0.29) is 0 Å². The fourth-order valence-corrected chi connectivity index (χ4v) is 1.50. The van der Waals surface area contributed by atoms with Gasteiger partial charge in [-0.1, -0.05) is 0 Å². The van der Waals surface area contributed by atoms with Crippen molar-refractivity contribution in [3.8, 4) is 0 Å². The van der Waals surface area contributed by atoms with Crippen LogP contribution in [0, 0.1) is 0 Å². The molecule has 1 aliphatic rings. The Kier molecular flexibility index (Phi) is 3.31. The van der Waals surface area contributed by atoms with Gasteiger partial charge in [-0.05, 0) is 6.92 Å². The number of alkyl halides is 1. The minimum atomic E-state index is -0.983. The summed E-state index contributed by atoms with van der Waals surface area (Å²) in [4.78, 5) is 0. The first-order valence-corrected chi connectivity index (χ1v) is 4.20. The van der Waals surface area contributed by atoms with Crippen LogP contribution >= 0.6 is 11.6 Å². The molecular formula is C7H13ClO4. The number of aliphatic hydroxyl groups is 2. The summed E-state index contributed by atoms with van der Waals surface area (Å²) in [5.41, 5.74) is 0. The van der Waals surface area contributed by atoms with Crippen molar-refractivity contribution in [3.05, 3.63) is 0 Å². The average molecular weight is 197 g/mol. The molecule has 0 aromatic heterocycles. The van der Waals surface area contributed by atoms with Crippen LogP contribution in [0.15, 0.2) is 0 Å². The predicted molar refractivity (Wildman–Crippen MR) is 43.0 cm³/mol. The monoisotopic (exact) mass is 196 g/mol. The van der Waals surface area contributed by atoms with E-state index in [1.54, 1.807) is 6.92 Å². The molecule has 1 rings (SSSR count). The van der Waals surface area contributed by atoms with Gasteiger partial charge in [0.15, 0.2) is 6.29 Å². The van der Waals surface area contributed by atoms with E-state index in [4.69, 9.17) is 21.1 Å². The highest BCUT2D eigenvalue weighted by molar-refractivity contribution is 6.21. The highest BCUT2D eigenvalue weighted by atomic mass is 35.5. The van der Waals surface area contributed by atoms with E-state index in [9.17, 15) is 10.2 Å². The van der Waals surface area contributed by atoms with E-state index < -0.39 is 30.0 Å². The van der Waals surface area contributed by atoms with E-state index >= 15 is 0 Å². The smallest absolute Gasteiger partial charge is 0.185 e. The lowest BCUT2D eigenvalue weighted by molar-refractivity contribution is -0.249. The van der Waals surface area contributed by atoms with Crippen molar-refractivity contribution in [1.82, 2.24) is 0 Å². The van der Waals surface area contributed by atoms with Gasteiger partial charge in [-0.2, -0.15) is 0 Å². The van der Waals surface area contributed by atoms with E-state index in [1.807, 2.05) is 0 Å². The zero-order chi connectivity index (χ0) is 9.30. The third-order valence-corrected chi connectivity index (χ3v) is 2.51. The maximum Gasteiger partial charge on any atom is 0.185 e. The molecule has 0 saturated carbocycles. The quantitative estimate of drug-likeness (QED) is 0.566. The van der Waals surface area contributed by atoms with Crippen LogP contribution in [0.3, 0.4) is 0 Å². The number of hydrogen-bond acceptors (Lipinski definition) is 4. The van der Waals surface area contributed by atoms with Crippen LogP contribution in [-0.2, 0) is 9.47 Å². The topological polar surface area (TPSA) is 58.9 Å². The molecule has 1 fully saturated rings. The van der Waals surface area contributed by atoms with E-state index in [0.29, 0.717) is 0 Å². The maximum absolute atomic E-state index is 9.38. The van der Waals surface area contributed by atoms with Crippen molar-refractivity contribution in [2.24, 2.45) is 0 Å². The Morgan fingerprint density at radius 1 is 1.33 bits per heavy atom. The second-order valence-corrected chi connectivity index (χ2v) is 3.37. The van der Waals surface area contributed by atoms with E-state index in [2.05, 4.69) is 0 Å². The molecule has 0 aromatic carbocycles. The third-order valence-electron chi connectivity index (χ3n) is 1.99. The zero-order valence-corrected chi connectivity index (χ0v) is 7.73. The van der Waals surface area contributed by atoms with Crippen LogP contribution in [0.4, 0.5) is 0 Å². The Morgan fingerprint density at radius 3 is 2.42 bits per heavy atom. The average Bonchev–Trinajstić information content (AvgIpc) is 2.08. The van der Waals surface area contributed by atoms with Gasteiger partial charge in [0.2, 0.25) is 0 Å². The molecule has 72 valence electrons. The molecule has 12 heavy (non-hydrogen) atoms. The molecule has 0 spiro atoms. The van der Waals surface area contributed by atoms with Gasteiger partial charge in [0.05, 0.1) is 17.6 Å². The lowest BCUT2D eigenvalue weighted by Crippen LogP contribution is -2.54. The van der Waals surface area contributed by atoms with Gasteiger partial charge >= 0.3 is 0 Å². The second-order valence-electron chi connectivity index (χ2n) is 2.87. The Hall–Kier alpha value is 0.130. The Balaban J connectivity index is 2.63. The SMILES string of the molecule is COC1OC(C)C(O)C(Cl)C1O. The molecule has 0 radical (unpaired) electrons. The normalized spacial score (nSPS) is 49.2. The summed E-state index contributed by atoms with van der Waals surface area (Å²) in [6.45, 7) is 1.68. The van der Waals surface area contributed by atoms with Gasteiger partial charge < -0.3 is 19.7 Å². The van der Waals surface area contributed by atoms with Gasteiger partial charge in [-0.3, -0.25) is 0 Å². The first-order chi connectivity index (χ1) is 5.57. The number of aliphatic hydroxyl groups excluding tert-OH is 2. The summed E-state index contributed by atoms with van der Waals surface area (Å²) < 4.78 is 9.95. The number of hydrogen-bond donors (Lipinski definition) is 2. The second kappa shape index (κ2) is 3.89. The van der Waals surface area contributed by atoms with Crippen molar-refractivity contribution in [1.29, 1.82) is 0 Å². The molecule has 0 aromatic rings. The molecule has 0 aliphatic carbocycles.